The lowest BCUT2D eigenvalue weighted by molar-refractivity contribution is -0.161. The predicted molar refractivity (Wildman–Crippen MR) is 445 cm³/mol. The van der Waals surface area contributed by atoms with Gasteiger partial charge >= 0.3 is 39.5 Å². The molecule has 5 atom stereocenters. The van der Waals surface area contributed by atoms with Crippen molar-refractivity contribution in [2.24, 2.45) is 0 Å². The van der Waals surface area contributed by atoms with E-state index in [-0.39, 0.29) is 25.7 Å². The van der Waals surface area contributed by atoms with Gasteiger partial charge in [0.05, 0.1) is 26.4 Å². The summed E-state index contributed by atoms with van der Waals surface area (Å²) in [7, 11) is -9.99. The third kappa shape index (κ3) is 79.0. The van der Waals surface area contributed by atoms with Gasteiger partial charge in [0.2, 0.25) is 0 Å². The number of carbonyl (C=O) groups is 4. The number of ether oxygens (including phenoxy) is 4. The van der Waals surface area contributed by atoms with E-state index in [1.54, 1.807) is 0 Å². The van der Waals surface area contributed by atoms with Crippen LogP contribution in [0.3, 0.4) is 0 Å². The van der Waals surface area contributed by atoms with Crippen LogP contribution in [-0.2, 0) is 65.4 Å². The summed E-state index contributed by atoms with van der Waals surface area (Å²) < 4.78 is 68.7. The number of esters is 4. The van der Waals surface area contributed by atoms with Gasteiger partial charge in [-0.25, -0.2) is 9.13 Å². The number of unbranched alkanes of at least 4 members (excludes halogenated alkanes) is 28. The number of hydrogen-bond donors (Lipinski definition) is 3. The molecule has 0 saturated carbocycles. The molecule has 3 N–H and O–H groups in total. The number of aliphatic hydroxyl groups is 1. The molecule has 618 valence electrons. The molecule has 0 aromatic heterocycles. The molecule has 0 aliphatic carbocycles. The number of allylic oxidation sites excluding steroid dienone is 24. The smallest absolute Gasteiger partial charge is 0.462 e. The lowest BCUT2D eigenvalue weighted by atomic mass is 10.1. The lowest BCUT2D eigenvalue weighted by Crippen LogP contribution is -2.30. The van der Waals surface area contributed by atoms with Crippen molar-refractivity contribution in [3.63, 3.8) is 0 Å². The third-order valence-electron chi connectivity index (χ3n) is 17.3. The fourth-order valence-electron chi connectivity index (χ4n) is 10.9. The van der Waals surface area contributed by atoms with Gasteiger partial charge in [-0.1, -0.05) is 289 Å². The van der Waals surface area contributed by atoms with Gasteiger partial charge in [-0.3, -0.25) is 37.3 Å². The molecule has 0 aliphatic rings. The van der Waals surface area contributed by atoms with Crippen LogP contribution in [0.1, 0.15) is 336 Å². The summed E-state index contributed by atoms with van der Waals surface area (Å²) in [5.74, 6) is -2.25. The molecule has 0 heterocycles. The Morgan fingerprint density at radius 1 is 0.269 bits per heavy atom. The highest BCUT2D eigenvalue weighted by Gasteiger charge is 2.30. The second kappa shape index (κ2) is 80.0. The van der Waals surface area contributed by atoms with Crippen molar-refractivity contribution in [3.05, 3.63) is 146 Å². The van der Waals surface area contributed by atoms with Crippen molar-refractivity contribution >= 4 is 39.5 Å². The van der Waals surface area contributed by atoms with Gasteiger partial charge in [0.15, 0.2) is 12.2 Å². The minimum absolute atomic E-state index is 0.0682. The van der Waals surface area contributed by atoms with E-state index < -0.39 is 97.5 Å². The first-order valence-corrected chi connectivity index (χ1v) is 45.1. The topological polar surface area (TPSA) is 237 Å². The van der Waals surface area contributed by atoms with Crippen molar-refractivity contribution < 1.29 is 80.2 Å². The van der Waals surface area contributed by atoms with Crippen LogP contribution in [0.15, 0.2) is 146 Å². The summed E-state index contributed by atoms with van der Waals surface area (Å²) in [5, 5.41) is 10.7. The van der Waals surface area contributed by atoms with Gasteiger partial charge in [0, 0.05) is 25.7 Å². The van der Waals surface area contributed by atoms with Gasteiger partial charge < -0.3 is 33.8 Å². The van der Waals surface area contributed by atoms with Gasteiger partial charge in [0.25, 0.3) is 0 Å². The quantitative estimate of drug-likeness (QED) is 0.0169. The predicted octanol–water partition coefficient (Wildman–Crippen LogP) is 25.0. The lowest BCUT2D eigenvalue weighted by Gasteiger charge is -2.21. The van der Waals surface area contributed by atoms with Gasteiger partial charge in [-0.05, 0) is 167 Å². The summed E-state index contributed by atoms with van der Waals surface area (Å²) in [4.78, 5) is 73.2. The Kier molecular flexibility index (Phi) is 76.3. The fourth-order valence-corrected chi connectivity index (χ4v) is 12.5. The van der Waals surface area contributed by atoms with Crippen molar-refractivity contribution in [3.8, 4) is 0 Å². The summed E-state index contributed by atoms with van der Waals surface area (Å²) in [6, 6.07) is 0. The van der Waals surface area contributed by atoms with Crippen LogP contribution < -0.4 is 0 Å². The van der Waals surface area contributed by atoms with Crippen LogP contribution in [0.25, 0.3) is 0 Å². The second-order valence-electron chi connectivity index (χ2n) is 27.6. The second-order valence-corrected chi connectivity index (χ2v) is 30.6. The van der Waals surface area contributed by atoms with Crippen molar-refractivity contribution in [2.45, 2.75) is 354 Å². The largest absolute Gasteiger partial charge is 0.472 e. The van der Waals surface area contributed by atoms with Crippen LogP contribution in [0.4, 0.5) is 0 Å². The van der Waals surface area contributed by atoms with Gasteiger partial charge in [-0.15, -0.1) is 0 Å². The highest BCUT2D eigenvalue weighted by atomic mass is 31.2. The summed E-state index contributed by atoms with van der Waals surface area (Å²) >= 11 is 0. The SMILES string of the molecule is CC/C=C\C/C=C\C/C=C\C/C=C\C/C=C\CCCCCC(=O)OCC(COP(=O)(O)OCC(O)COP(=O)(O)OCC(COC(=O)CCCCCCCC/C=C\C/C=C\C/C=C\CCCCC)OC(=O)CCCCCCC/C=C\C/C=C\C/C=C\CC)OC(=O)CCCCCCC/C=C\CCCCCCCC. The molecule has 0 aromatic rings. The zero-order chi connectivity index (χ0) is 78.9. The van der Waals surface area contributed by atoms with E-state index in [4.69, 9.17) is 37.0 Å². The zero-order valence-electron chi connectivity index (χ0n) is 67.7. The maximum Gasteiger partial charge on any atom is 0.472 e. The molecular formula is C89H150O17P2. The Hall–Kier alpha value is -5.06. The van der Waals surface area contributed by atoms with Crippen molar-refractivity contribution in [2.75, 3.05) is 39.6 Å². The Balaban J connectivity index is 5.42. The third-order valence-corrected chi connectivity index (χ3v) is 19.2. The van der Waals surface area contributed by atoms with E-state index in [9.17, 15) is 43.2 Å². The van der Waals surface area contributed by atoms with E-state index >= 15 is 0 Å². The molecule has 0 spiro atoms. The van der Waals surface area contributed by atoms with Crippen LogP contribution in [0.2, 0.25) is 0 Å². The number of carbonyl (C=O) groups excluding carboxylic acids is 4. The molecule has 19 heteroatoms. The Labute approximate surface area is 656 Å². The monoisotopic (exact) mass is 1550 g/mol. The van der Waals surface area contributed by atoms with E-state index in [1.807, 2.05) is 0 Å². The number of phosphoric acid groups is 2. The molecule has 17 nitrogen and oxygen atoms in total. The molecule has 0 amide bonds. The Morgan fingerprint density at radius 3 is 0.778 bits per heavy atom. The minimum Gasteiger partial charge on any atom is -0.462 e. The normalized spacial score (nSPS) is 14.5. The number of aliphatic hydroxyl groups excluding tert-OH is 1. The van der Waals surface area contributed by atoms with Crippen LogP contribution in [0, 0.1) is 0 Å². The highest BCUT2D eigenvalue weighted by Crippen LogP contribution is 2.45. The molecule has 0 radical (unpaired) electrons. The van der Waals surface area contributed by atoms with Crippen molar-refractivity contribution in [1.29, 1.82) is 0 Å². The summed E-state index contributed by atoms with van der Waals surface area (Å²) in [6.07, 6.45) is 92.4. The average Bonchev–Trinajstić information content (AvgIpc) is 0.923. The molecule has 0 bridgehead atoms. The maximum atomic E-state index is 13.1. The average molecular weight is 1550 g/mol. The summed E-state index contributed by atoms with van der Waals surface area (Å²) in [5.41, 5.74) is 0. The molecule has 5 unspecified atom stereocenters. The van der Waals surface area contributed by atoms with Crippen LogP contribution in [-0.4, -0.2) is 96.7 Å². The highest BCUT2D eigenvalue weighted by molar-refractivity contribution is 7.47. The number of phosphoric ester groups is 2. The zero-order valence-corrected chi connectivity index (χ0v) is 69.5. The molecule has 0 rings (SSSR count). The first-order valence-electron chi connectivity index (χ1n) is 42.1. The Bertz CT molecular complexity index is 2610. The molecule has 108 heavy (non-hydrogen) atoms. The van der Waals surface area contributed by atoms with E-state index in [0.717, 1.165) is 199 Å². The molecule has 0 saturated heterocycles. The number of hydrogen-bond acceptors (Lipinski definition) is 15. The minimum atomic E-state index is -5.00. The Morgan fingerprint density at radius 2 is 0.481 bits per heavy atom. The van der Waals surface area contributed by atoms with Crippen LogP contribution >= 0.6 is 15.6 Å². The first-order chi connectivity index (χ1) is 52.7. The molecule has 0 aromatic carbocycles. The van der Waals surface area contributed by atoms with Crippen molar-refractivity contribution in [1.82, 2.24) is 0 Å². The van der Waals surface area contributed by atoms with Gasteiger partial charge in [-0.2, -0.15) is 0 Å². The van der Waals surface area contributed by atoms with Crippen LogP contribution in [0.5, 0.6) is 0 Å². The summed E-state index contributed by atoms with van der Waals surface area (Å²) in [6.45, 7) is 4.56. The van der Waals surface area contributed by atoms with E-state index in [1.165, 1.54) is 57.8 Å². The van der Waals surface area contributed by atoms with E-state index in [0.29, 0.717) is 25.7 Å². The van der Waals surface area contributed by atoms with E-state index in [2.05, 4.69) is 174 Å². The maximum absolute atomic E-state index is 13.1. The molecular weight excluding hydrogens is 1400 g/mol. The first kappa shape index (κ1) is 103. The molecule has 0 aliphatic heterocycles. The number of rotatable bonds is 78. The van der Waals surface area contributed by atoms with Gasteiger partial charge in [0.1, 0.15) is 19.3 Å². The standard InChI is InChI=1S/C89H150O17P2/c1-5-9-13-17-21-25-29-33-37-39-41-43-47-49-53-57-61-65-69-73-86(91)99-79-84(105-88(93)75-71-67-63-59-55-51-45-35-31-27-23-19-15-11-7-3)81-103-107(95,96)101-77-83(90)78-102-108(97,98)104-82-85(106-89(94)76-72-68-64-60-56-52-46-36-32-28-24-20-16-12-8-4)80-100-87(92)74-70-66-62-58-54-50-48-44-42-40-38-34-30-26-22-18-14-10-6-2/h9,12-13,16,21-22,24-26,28,33-38,41-46,49,53,83-85,90H,5-8,10-11,14-15,17-20,23,27,29-32,39-40,47-48,50-52,54-82H2,1-4H3,(H,95,96)(H,97,98)/b13-9-,16-12-,25-21-,26-22-,28-24-,37-33-,38-34-,43-41-,44-42-,45-35-,46-36-,53-49-. The fraction of sp³-hybridized carbons (Fsp3) is 0.685. The molecule has 0 fully saturated rings.